The molecule has 2 heterocycles. The van der Waals surface area contributed by atoms with Gasteiger partial charge in [-0.3, -0.25) is 9.69 Å². The number of hydrogen-bond acceptors (Lipinski definition) is 3. The van der Waals surface area contributed by atoms with Crippen LogP contribution in [0.3, 0.4) is 0 Å². The van der Waals surface area contributed by atoms with Crippen LogP contribution in [0, 0.1) is 5.92 Å². The van der Waals surface area contributed by atoms with E-state index in [9.17, 15) is 22.8 Å². The number of carbonyl (C=O) groups is 2. The average molecular weight is 417 g/mol. The highest BCUT2D eigenvalue weighted by Gasteiger charge is 2.54. The van der Waals surface area contributed by atoms with Crippen LogP contribution in [0.15, 0.2) is 60.7 Å². The zero-order valence-corrected chi connectivity index (χ0v) is 16.2. The second-order valence-electron chi connectivity index (χ2n) is 7.74. The van der Waals surface area contributed by atoms with Gasteiger partial charge in [0.1, 0.15) is 0 Å². The van der Waals surface area contributed by atoms with E-state index in [0.29, 0.717) is 24.1 Å². The molecule has 8 heteroatoms. The lowest BCUT2D eigenvalue weighted by Crippen LogP contribution is -2.49. The minimum absolute atomic E-state index is 0.0676. The summed E-state index contributed by atoms with van der Waals surface area (Å²) in [6, 6.07) is 17.2. The number of nitrogens with one attached hydrogen (secondary N) is 1. The first-order valence-electron chi connectivity index (χ1n) is 9.86. The Kier molecular flexibility index (Phi) is 5.27. The first-order valence-corrected chi connectivity index (χ1v) is 9.86. The lowest BCUT2D eigenvalue weighted by molar-refractivity contribution is -0.187. The van der Waals surface area contributed by atoms with Crippen LogP contribution in [0.25, 0.3) is 0 Å². The first-order chi connectivity index (χ1) is 14.3. The molecule has 2 saturated heterocycles. The fraction of sp³-hybridized carbons (Fsp3) is 0.364. The lowest BCUT2D eigenvalue weighted by atomic mass is 9.83. The van der Waals surface area contributed by atoms with E-state index in [2.05, 4.69) is 5.32 Å². The van der Waals surface area contributed by atoms with Gasteiger partial charge in [0.05, 0.1) is 12.6 Å². The lowest BCUT2D eigenvalue weighted by Gasteiger charge is -2.35. The van der Waals surface area contributed by atoms with Gasteiger partial charge in [0.2, 0.25) is 0 Å². The largest absolute Gasteiger partial charge is 0.393 e. The van der Waals surface area contributed by atoms with Crippen LogP contribution in [0.2, 0.25) is 0 Å². The van der Waals surface area contributed by atoms with Gasteiger partial charge in [0, 0.05) is 6.54 Å². The molecule has 2 aliphatic heterocycles. The van der Waals surface area contributed by atoms with Gasteiger partial charge in [-0.05, 0) is 30.5 Å². The number of imide groups is 1. The molecule has 3 amide bonds. The van der Waals surface area contributed by atoms with E-state index in [4.69, 9.17) is 0 Å². The third-order valence-corrected chi connectivity index (χ3v) is 5.83. The molecular weight excluding hydrogens is 395 g/mol. The number of likely N-dealkylation sites (tertiary alicyclic amines) is 1. The van der Waals surface area contributed by atoms with Crippen molar-refractivity contribution in [3.8, 4) is 0 Å². The van der Waals surface area contributed by atoms with Gasteiger partial charge in [0.25, 0.3) is 5.91 Å². The van der Waals surface area contributed by atoms with Gasteiger partial charge in [-0.2, -0.15) is 13.2 Å². The maximum atomic E-state index is 13.6. The maximum Gasteiger partial charge on any atom is 0.393 e. The maximum absolute atomic E-state index is 13.6. The molecule has 0 radical (unpaired) electrons. The van der Waals surface area contributed by atoms with Crippen LogP contribution in [0.5, 0.6) is 0 Å². The number of alkyl halides is 3. The van der Waals surface area contributed by atoms with Gasteiger partial charge < -0.3 is 5.32 Å². The molecule has 2 aliphatic rings. The Balaban J connectivity index is 1.65. The first kappa shape index (κ1) is 20.4. The van der Waals surface area contributed by atoms with Gasteiger partial charge in [0.15, 0.2) is 5.54 Å². The quantitative estimate of drug-likeness (QED) is 0.772. The highest BCUT2D eigenvalue weighted by Crippen LogP contribution is 2.37. The predicted molar refractivity (Wildman–Crippen MR) is 104 cm³/mol. The molecule has 2 aromatic carbocycles. The standard InChI is InChI=1S/C22H22F3N3O2/c23-22(24,25)18-12-7-13-27(14-18)15-28-19(29)21(26-20(28)30,16-8-3-1-4-9-16)17-10-5-2-6-11-17/h1-6,8-11,18H,7,12-15H2,(H,26,30). The SMILES string of the molecule is O=C1NC(c2ccccc2)(c2ccccc2)C(=O)N1CN1CCCC(C(F)(F)F)C1. The number of halogens is 3. The molecular formula is C22H22F3N3O2. The van der Waals surface area contributed by atoms with Gasteiger partial charge in [-0.1, -0.05) is 60.7 Å². The average Bonchev–Trinajstić information content (AvgIpc) is 3.00. The van der Waals surface area contributed by atoms with E-state index in [1.165, 1.54) is 4.90 Å². The highest BCUT2D eigenvalue weighted by atomic mass is 19.4. The molecule has 1 unspecified atom stereocenters. The summed E-state index contributed by atoms with van der Waals surface area (Å²) in [4.78, 5) is 29.0. The Bertz CT molecular complexity index is 879. The van der Waals surface area contributed by atoms with Crippen molar-refractivity contribution in [2.24, 2.45) is 5.92 Å². The molecule has 0 saturated carbocycles. The van der Waals surface area contributed by atoms with Crippen LogP contribution < -0.4 is 5.32 Å². The fourth-order valence-electron chi connectivity index (χ4n) is 4.29. The van der Waals surface area contributed by atoms with E-state index < -0.39 is 29.6 Å². The van der Waals surface area contributed by atoms with Crippen molar-refractivity contribution in [1.82, 2.24) is 15.1 Å². The number of piperidine rings is 1. The summed E-state index contributed by atoms with van der Waals surface area (Å²) in [5, 5.41) is 2.82. The van der Waals surface area contributed by atoms with E-state index in [1.54, 1.807) is 48.5 Å². The minimum Gasteiger partial charge on any atom is -0.315 e. The van der Waals surface area contributed by atoms with Crippen molar-refractivity contribution in [2.45, 2.75) is 24.6 Å². The summed E-state index contributed by atoms with van der Waals surface area (Å²) >= 11 is 0. The molecule has 30 heavy (non-hydrogen) atoms. The van der Waals surface area contributed by atoms with Crippen molar-refractivity contribution >= 4 is 11.9 Å². The van der Waals surface area contributed by atoms with Gasteiger partial charge in [-0.25, -0.2) is 9.69 Å². The van der Waals surface area contributed by atoms with E-state index in [0.717, 1.165) is 4.90 Å². The van der Waals surface area contributed by atoms with Crippen molar-refractivity contribution in [3.63, 3.8) is 0 Å². The number of benzene rings is 2. The van der Waals surface area contributed by atoms with E-state index in [1.807, 2.05) is 12.1 Å². The molecule has 4 rings (SSSR count). The van der Waals surface area contributed by atoms with E-state index in [-0.39, 0.29) is 19.6 Å². The van der Waals surface area contributed by atoms with Crippen molar-refractivity contribution in [1.29, 1.82) is 0 Å². The van der Waals surface area contributed by atoms with Gasteiger partial charge in [-0.15, -0.1) is 0 Å². The van der Waals surface area contributed by atoms with Crippen molar-refractivity contribution in [3.05, 3.63) is 71.8 Å². The summed E-state index contributed by atoms with van der Waals surface area (Å²) in [6.07, 6.45) is -3.85. The number of nitrogens with zero attached hydrogens (tertiary/aromatic N) is 2. The topological polar surface area (TPSA) is 52.7 Å². The normalized spacial score (nSPS) is 22.2. The van der Waals surface area contributed by atoms with Crippen LogP contribution in [0.4, 0.5) is 18.0 Å². The second kappa shape index (κ2) is 7.75. The third-order valence-electron chi connectivity index (χ3n) is 5.83. The summed E-state index contributed by atoms with van der Waals surface area (Å²) in [5.74, 6) is -1.93. The zero-order valence-electron chi connectivity index (χ0n) is 16.2. The zero-order chi connectivity index (χ0) is 21.4. The Morgan fingerprint density at radius 1 is 0.967 bits per heavy atom. The Labute approximate surface area is 172 Å². The predicted octanol–water partition coefficient (Wildman–Crippen LogP) is 3.71. The van der Waals surface area contributed by atoms with E-state index >= 15 is 0 Å². The Morgan fingerprint density at radius 3 is 2.07 bits per heavy atom. The summed E-state index contributed by atoms with van der Waals surface area (Å²) < 4.78 is 39.5. The monoisotopic (exact) mass is 417 g/mol. The number of amides is 3. The molecule has 2 aromatic rings. The Hall–Kier alpha value is -2.87. The van der Waals surface area contributed by atoms with Crippen LogP contribution >= 0.6 is 0 Å². The molecule has 158 valence electrons. The molecule has 0 aliphatic carbocycles. The Morgan fingerprint density at radius 2 is 1.53 bits per heavy atom. The van der Waals surface area contributed by atoms with Crippen LogP contribution in [-0.4, -0.2) is 47.7 Å². The summed E-state index contributed by atoms with van der Waals surface area (Å²) in [7, 11) is 0. The highest BCUT2D eigenvalue weighted by molar-refractivity contribution is 6.09. The van der Waals surface area contributed by atoms with Gasteiger partial charge >= 0.3 is 12.2 Å². The number of hydrogen-bond donors (Lipinski definition) is 1. The second-order valence-corrected chi connectivity index (χ2v) is 7.74. The van der Waals surface area contributed by atoms with Crippen LogP contribution in [-0.2, 0) is 10.3 Å². The van der Waals surface area contributed by atoms with Crippen LogP contribution in [0.1, 0.15) is 24.0 Å². The molecule has 0 spiro atoms. The molecule has 0 aromatic heterocycles. The molecule has 1 atom stereocenters. The minimum atomic E-state index is -4.28. The number of urea groups is 1. The summed E-state index contributed by atoms with van der Waals surface area (Å²) in [6.45, 7) is 0.0240. The molecule has 0 bridgehead atoms. The molecule has 5 nitrogen and oxygen atoms in total. The smallest absolute Gasteiger partial charge is 0.315 e. The number of rotatable bonds is 4. The molecule has 1 N–H and O–H groups in total. The number of carbonyl (C=O) groups excluding carboxylic acids is 2. The molecule has 2 fully saturated rings. The fourth-order valence-corrected chi connectivity index (χ4v) is 4.29. The van der Waals surface area contributed by atoms with Crippen molar-refractivity contribution < 1.29 is 22.8 Å². The third kappa shape index (κ3) is 3.56. The van der Waals surface area contributed by atoms with Crippen molar-refractivity contribution in [2.75, 3.05) is 19.8 Å². The summed E-state index contributed by atoms with van der Waals surface area (Å²) in [5.41, 5.74) is -0.202.